The Bertz CT molecular complexity index is 926. The summed E-state index contributed by atoms with van der Waals surface area (Å²) in [7, 11) is 4.05. The first-order valence-corrected chi connectivity index (χ1v) is 11.1. The van der Waals surface area contributed by atoms with Gasteiger partial charge in [-0.2, -0.15) is 5.10 Å². The third-order valence-electron chi connectivity index (χ3n) is 5.34. The smallest absolute Gasteiger partial charge is 0.226 e. The number of likely N-dealkylation sites (N-methyl/N-ethyl adjacent to an activating group) is 1. The van der Waals surface area contributed by atoms with E-state index in [-0.39, 0.29) is 17.2 Å². The first-order valence-electron chi connectivity index (χ1n) is 11.1. The Morgan fingerprint density at radius 1 is 1.10 bits per heavy atom. The second-order valence-corrected chi connectivity index (χ2v) is 8.23. The van der Waals surface area contributed by atoms with E-state index in [2.05, 4.69) is 44.7 Å². The summed E-state index contributed by atoms with van der Waals surface area (Å²) in [5, 5.41) is 11.9. The first-order chi connectivity index (χ1) is 14.8. The molecule has 2 aromatic carbocycles. The fourth-order valence-corrected chi connectivity index (χ4v) is 3.47. The molecule has 0 saturated heterocycles. The normalized spacial score (nSPS) is 14.8. The van der Waals surface area contributed by atoms with Gasteiger partial charge in [0.15, 0.2) is 0 Å². The fraction of sp³-hybridized carbons (Fsp3) is 0.423. The average molecular weight is 421 g/mol. The van der Waals surface area contributed by atoms with Gasteiger partial charge in [0.25, 0.3) is 0 Å². The van der Waals surface area contributed by atoms with Gasteiger partial charge in [-0.3, -0.25) is 4.79 Å². The summed E-state index contributed by atoms with van der Waals surface area (Å²) >= 11 is 0. The molecule has 0 spiro atoms. The molecule has 0 heterocycles. The molecule has 1 fully saturated rings. The molecule has 5 heteroatoms. The fourth-order valence-electron chi connectivity index (χ4n) is 3.47. The maximum atomic E-state index is 11.9. The number of hydrogen-bond acceptors (Lipinski definition) is 3. The van der Waals surface area contributed by atoms with Gasteiger partial charge in [-0.1, -0.05) is 64.1 Å². The number of carbonyl (C=O) groups is 1. The van der Waals surface area contributed by atoms with Crippen molar-refractivity contribution in [3.05, 3.63) is 65.2 Å². The van der Waals surface area contributed by atoms with Gasteiger partial charge in [-0.25, -0.2) is 0 Å². The quantitative estimate of drug-likeness (QED) is 0.373. The summed E-state index contributed by atoms with van der Waals surface area (Å²) in [6.07, 6.45) is 3.97. The molecule has 0 unspecified atom stereocenters. The summed E-state index contributed by atoms with van der Waals surface area (Å²) in [6.45, 7) is 9.77. The Labute approximate surface area is 187 Å². The second-order valence-electron chi connectivity index (χ2n) is 8.23. The van der Waals surface area contributed by atoms with Crippen molar-refractivity contribution in [1.29, 1.82) is 0 Å². The molecule has 3 rings (SSSR count). The van der Waals surface area contributed by atoms with Crippen molar-refractivity contribution < 1.29 is 4.79 Å². The summed E-state index contributed by atoms with van der Waals surface area (Å²) in [5.41, 5.74) is 4.10. The van der Waals surface area contributed by atoms with Gasteiger partial charge < -0.3 is 10.2 Å². The molecule has 2 aromatic rings. The number of amidine groups is 1. The van der Waals surface area contributed by atoms with Crippen molar-refractivity contribution in [3.63, 3.8) is 0 Å². The highest BCUT2D eigenvalue weighted by Gasteiger charge is 2.50. The highest BCUT2D eigenvalue weighted by atomic mass is 16.1. The van der Waals surface area contributed by atoms with Crippen molar-refractivity contribution in [2.45, 2.75) is 52.9 Å². The minimum Gasteiger partial charge on any atom is -0.364 e. The topological polar surface area (TPSA) is 57.1 Å². The van der Waals surface area contributed by atoms with Crippen molar-refractivity contribution in [3.8, 4) is 0 Å². The lowest BCUT2D eigenvalue weighted by Gasteiger charge is -2.24. The maximum absolute atomic E-state index is 11.9. The predicted octanol–water partition coefficient (Wildman–Crippen LogP) is 5.64. The summed E-state index contributed by atoms with van der Waals surface area (Å²) in [5.74, 6) is 0.954. The first kappa shape index (κ1) is 24.3. The summed E-state index contributed by atoms with van der Waals surface area (Å²) in [4.78, 5) is 13.9. The number of benzene rings is 2. The summed E-state index contributed by atoms with van der Waals surface area (Å²) < 4.78 is 0. The Morgan fingerprint density at radius 2 is 1.74 bits per heavy atom. The Kier molecular flexibility index (Phi) is 8.55. The van der Waals surface area contributed by atoms with Gasteiger partial charge >= 0.3 is 0 Å². The van der Waals surface area contributed by atoms with Crippen LogP contribution in [0, 0.1) is 12.8 Å². The third kappa shape index (κ3) is 6.03. The number of rotatable bonds is 6. The summed E-state index contributed by atoms with van der Waals surface area (Å²) in [6, 6.07) is 16.4. The largest absolute Gasteiger partial charge is 0.364 e. The molecule has 0 aromatic heterocycles. The standard InChI is InChI=1S/C24H30N4O.C2H6/c1-17(2)22(29)26-21-12-11-19(18(3)15-21)16-25-27-23(28(4)5)24(13-14-24)20-9-7-6-8-10-20;1-2/h6-12,15-17H,13-14H2,1-5H3,(H,26,29);1-2H3/b25-16+,27-23-;. The zero-order chi connectivity index (χ0) is 23.0. The molecule has 0 bridgehead atoms. The third-order valence-corrected chi connectivity index (χ3v) is 5.34. The highest BCUT2D eigenvalue weighted by Crippen LogP contribution is 2.49. The van der Waals surface area contributed by atoms with E-state index in [9.17, 15) is 4.79 Å². The van der Waals surface area contributed by atoms with Gasteiger partial charge in [-0.05, 0) is 48.6 Å². The van der Waals surface area contributed by atoms with Crippen molar-refractivity contribution >= 4 is 23.6 Å². The molecule has 1 amide bonds. The van der Waals surface area contributed by atoms with Crippen LogP contribution < -0.4 is 5.32 Å². The number of carbonyl (C=O) groups excluding carboxylic acids is 1. The Balaban J connectivity index is 0.00000166. The van der Waals surface area contributed by atoms with Gasteiger partial charge in [0, 0.05) is 25.7 Å². The number of aryl methyl sites for hydroxylation is 1. The van der Waals surface area contributed by atoms with E-state index in [1.54, 1.807) is 6.21 Å². The SMILES string of the molecule is CC.Cc1cc(NC(=O)C(C)C)ccc1/C=N/N=C(\N(C)C)C1(c2ccccc2)CC1. The molecule has 166 valence electrons. The van der Waals surface area contributed by atoms with E-state index in [4.69, 9.17) is 0 Å². The molecular weight excluding hydrogens is 384 g/mol. The lowest BCUT2D eigenvalue weighted by atomic mass is 9.94. The van der Waals surface area contributed by atoms with Crippen LogP contribution in [0.4, 0.5) is 5.69 Å². The number of amides is 1. The Morgan fingerprint density at radius 3 is 2.26 bits per heavy atom. The minimum absolute atomic E-state index is 0.0154. The van der Waals surface area contributed by atoms with E-state index in [0.717, 1.165) is 35.5 Å². The van der Waals surface area contributed by atoms with E-state index in [1.807, 2.05) is 73.0 Å². The number of nitrogens with one attached hydrogen (secondary N) is 1. The molecule has 0 atom stereocenters. The average Bonchev–Trinajstić information content (AvgIpc) is 3.56. The molecular formula is C26H36N4O. The predicted molar refractivity (Wildman–Crippen MR) is 132 cm³/mol. The lowest BCUT2D eigenvalue weighted by molar-refractivity contribution is -0.118. The molecule has 5 nitrogen and oxygen atoms in total. The van der Waals surface area contributed by atoms with Gasteiger partial charge in [0.05, 0.1) is 11.6 Å². The highest BCUT2D eigenvalue weighted by molar-refractivity contribution is 5.96. The van der Waals surface area contributed by atoms with E-state index in [0.29, 0.717) is 0 Å². The van der Waals surface area contributed by atoms with E-state index >= 15 is 0 Å². The van der Waals surface area contributed by atoms with Crippen molar-refractivity contribution in [2.75, 3.05) is 19.4 Å². The molecule has 0 radical (unpaired) electrons. The van der Waals surface area contributed by atoms with Crippen LogP contribution in [-0.4, -0.2) is 37.0 Å². The van der Waals surface area contributed by atoms with E-state index < -0.39 is 0 Å². The molecule has 1 aliphatic rings. The molecule has 0 aliphatic heterocycles. The number of anilines is 1. The van der Waals surface area contributed by atoms with Crippen molar-refractivity contribution in [2.24, 2.45) is 16.1 Å². The van der Waals surface area contributed by atoms with Crippen LogP contribution in [0.3, 0.4) is 0 Å². The van der Waals surface area contributed by atoms with Crippen LogP contribution in [0.1, 0.15) is 57.2 Å². The number of nitrogens with zero attached hydrogens (tertiary/aromatic N) is 3. The molecule has 1 N–H and O–H groups in total. The van der Waals surface area contributed by atoms with Gasteiger partial charge in [0.1, 0.15) is 5.84 Å². The van der Waals surface area contributed by atoms with Crippen LogP contribution in [0.2, 0.25) is 0 Å². The van der Waals surface area contributed by atoms with Crippen LogP contribution in [0.25, 0.3) is 0 Å². The van der Waals surface area contributed by atoms with Crippen LogP contribution >= 0.6 is 0 Å². The zero-order valence-electron chi connectivity index (χ0n) is 19.9. The van der Waals surface area contributed by atoms with Gasteiger partial charge in [0.2, 0.25) is 5.91 Å². The van der Waals surface area contributed by atoms with Crippen LogP contribution in [-0.2, 0) is 10.2 Å². The Hall–Kier alpha value is -2.95. The molecule has 1 saturated carbocycles. The molecule has 1 aliphatic carbocycles. The van der Waals surface area contributed by atoms with Crippen LogP contribution in [0.15, 0.2) is 58.7 Å². The van der Waals surface area contributed by atoms with E-state index in [1.165, 1.54) is 5.56 Å². The van der Waals surface area contributed by atoms with Gasteiger partial charge in [-0.15, -0.1) is 5.10 Å². The monoisotopic (exact) mass is 420 g/mol. The lowest BCUT2D eigenvalue weighted by Crippen LogP contribution is -2.33. The number of hydrogen-bond donors (Lipinski definition) is 1. The van der Waals surface area contributed by atoms with Crippen molar-refractivity contribution in [1.82, 2.24) is 4.90 Å². The molecule has 31 heavy (non-hydrogen) atoms. The zero-order valence-corrected chi connectivity index (χ0v) is 19.9. The minimum atomic E-state index is -0.0466. The second kappa shape index (κ2) is 10.9. The van der Waals surface area contributed by atoms with Crippen LogP contribution in [0.5, 0.6) is 0 Å². The maximum Gasteiger partial charge on any atom is 0.226 e.